The summed E-state index contributed by atoms with van der Waals surface area (Å²) in [6.07, 6.45) is 1.99. The van der Waals surface area contributed by atoms with Crippen LogP contribution >= 0.6 is 11.3 Å². The molecule has 1 heterocycles. The van der Waals surface area contributed by atoms with Crippen LogP contribution in [-0.4, -0.2) is 16.8 Å². The standard InChI is InChI=1S/C17H22N4O2S/c1-3-16(23)19-10-15-14(21-17(24-15)20-11(2)22)9-6-12-4-7-13(18)8-5-12/h4-5,7-8H,3,6,9-10,18H2,1-2H3,(H,19,23)(H,20,21,22). The Kier molecular flexibility index (Phi) is 6.31. The highest BCUT2D eigenvalue weighted by molar-refractivity contribution is 7.15. The molecular weight excluding hydrogens is 324 g/mol. The van der Waals surface area contributed by atoms with E-state index in [2.05, 4.69) is 15.6 Å². The van der Waals surface area contributed by atoms with Crippen LogP contribution in [-0.2, 0) is 29.0 Å². The van der Waals surface area contributed by atoms with Crippen molar-refractivity contribution in [3.05, 3.63) is 40.4 Å². The van der Waals surface area contributed by atoms with Gasteiger partial charge in [-0.1, -0.05) is 30.4 Å². The van der Waals surface area contributed by atoms with Gasteiger partial charge in [-0.25, -0.2) is 4.98 Å². The van der Waals surface area contributed by atoms with Crippen molar-refractivity contribution < 1.29 is 9.59 Å². The molecule has 0 atom stereocenters. The predicted molar refractivity (Wildman–Crippen MR) is 96.8 cm³/mol. The van der Waals surface area contributed by atoms with Gasteiger partial charge in [0.25, 0.3) is 0 Å². The summed E-state index contributed by atoms with van der Waals surface area (Å²) in [6.45, 7) is 3.70. The molecule has 2 aromatic rings. The first-order valence-corrected chi connectivity index (χ1v) is 8.67. The van der Waals surface area contributed by atoms with E-state index in [0.29, 0.717) is 18.1 Å². The van der Waals surface area contributed by atoms with E-state index in [1.165, 1.54) is 23.8 Å². The molecule has 4 N–H and O–H groups in total. The molecule has 0 fully saturated rings. The lowest BCUT2D eigenvalue weighted by Crippen LogP contribution is -2.21. The summed E-state index contributed by atoms with van der Waals surface area (Å²) in [5.74, 6) is -0.160. The molecule has 0 spiro atoms. The zero-order valence-electron chi connectivity index (χ0n) is 13.9. The first kappa shape index (κ1) is 17.9. The maximum atomic E-state index is 11.5. The van der Waals surface area contributed by atoms with Gasteiger partial charge < -0.3 is 16.4 Å². The third kappa shape index (κ3) is 5.34. The number of amides is 2. The van der Waals surface area contributed by atoms with Crippen molar-refractivity contribution in [2.75, 3.05) is 11.1 Å². The maximum Gasteiger partial charge on any atom is 0.223 e. The van der Waals surface area contributed by atoms with Gasteiger partial charge in [-0.2, -0.15) is 0 Å². The normalized spacial score (nSPS) is 10.4. The highest BCUT2D eigenvalue weighted by Crippen LogP contribution is 2.24. The predicted octanol–water partition coefficient (Wildman–Crippen LogP) is 2.50. The zero-order chi connectivity index (χ0) is 17.5. The number of anilines is 2. The van der Waals surface area contributed by atoms with Crippen LogP contribution in [0, 0.1) is 0 Å². The van der Waals surface area contributed by atoms with Gasteiger partial charge in [-0.15, -0.1) is 0 Å². The lowest BCUT2D eigenvalue weighted by molar-refractivity contribution is -0.121. The zero-order valence-corrected chi connectivity index (χ0v) is 14.7. The number of nitrogens with zero attached hydrogens (tertiary/aromatic N) is 1. The Morgan fingerprint density at radius 2 is 1.92 bits per heavy atom. The number of nitrogen functional groups attached to an aromatic ring is 1. The minimum Gasteiger partial charge on any atom is -0.399 e. The molecular formula is C17H22N4O2S. The van der Waals surface area contributed by atoms with Crippen molar-refractivity contribution >= 4 is 34.0 Å². The number of benzene rings is 1. The minimum absolute atomic E-state index is 0.00559. The number of hydrogen-bond acceptors (Lipinski definition) is 5. The Morgan fingerprint density at radius 1 is 1.21 bits per heavy atom. The summed E-state index contributed by atoms with van der Waals surface area (Å²) in [7, 11) is 0. The van der Waals surface area contributed by atoms with Crippen molar-refractivity contribution in [2.24, 2.45) is 0 Å². The van der Waals surface area contributed by atoms with Gasteiger partial charge in [0.05, 0.1) is 12.2 Å². The molecule has 0 aliphatic heterocycles. The summed E-state index contributed by atoms with van der Waals surface area (Å²) < 4.78 is 0. The maximum absolute atomic E-state index is 11.5. The molecule has 0 bridgehead atoms. The van der Waals surface area contributed by atoms with Crippen LogP contribution in [0.3, 0.4) is 0 Å². The number of aryl methyl sites for hydroxylation is 2. The molecule has 7 heteroatoms. The monoisotopic (exact) mass is 346 g/mol. The molecule has 1 aromatic carbocycles. The number of hydrogen-bond donors (Lipinski definition) is 3. The van der Waals surface area contributed by atoms with Gasteiger partial charge in [-0.3, -0.25) is 9.59 Å². The van der Waals surface area contributed by atoms with Crippen LogP contribution in [0.25, 0.3) is 0 Å². The molecule has 0 saturated heterocycles. The third-order valence-corrected chi connectivity index (χ3v) is 4.47. The van der Waals surface area contributed by atoms with Gasteiger partial charge in [0.15, 0.2) is 5.13 Å². The van der Waals surface area contributed by atoms with E-state index in [-0.39, 0.29) is 11.8 Å². The van der Waals surface area contributed by atoms with Gasteiger partial charge in [0, 0.05) is 23.9 Å². The van der Waals surface area contributed by atoms with E-state index < -0.39 is 0 Å². The largest absolute Gasteiger partial charge is 0.399 e. The topological polar surface area (TPSA) is 97.1 Å². The Hall–Kier alpha value is -2.41. The molecule has 6 nitrogen and oxygen atoms in total. The summed E-state index contributed by atoms with van der Waals surface area (Å²) in [5.41, 5.74) is 8.51. The Labute approximate surface area is 145 Å². The van der Waals surface area contributed by atoms with Crippen LogP contribution in [0.4, 0.5) is 10.8 Å². The molecule has 0 aliphatic rings. The molecule has 0 saturated carbocycles. The summed E-state index contributed by atoms with van der Waals surface area (Å²) in [4.78, 5) is 28.2. The first-order chi connectivity index (χ1) is 11.5. The molecule has 128 valence electrons. The van der Waals surface area contributed by atoms with E-state index in [1.807, 2.05) is 31.2 Å². The van der Waals surface area contributed by atoms with E-state index in [9.17, 15) is 9.59 Å². The molecule has 2 amide bonds. The molecule has 1 aromatic heterocycles. The fourth-order valence-electron chi connectivity index (χ4n) is 2.17. The van der Waals surface area contributed by atoms with Crippen molar-refractivity contribution in [1.29, 1.82) is 0 Å². The van der Waals surface area contributed by atoms with E-state index in [0.717, 1.165) is 29.1 Å². The fraction of sp³-hybridized carbons (Fsp3) is 0.353. The van der Waals surface area contributed by atoms with E-state index in [1.54, 1.807) is 0 Å². The number of nitrogens with one attached hydrogen (secondary N) is 2. The Bertz CT molecular complexity index is 710. The van der Waals surface area contributed by atoms with Crippen LogP contribution in [0.2, 0.25) is 0 Å². The van der Waals surface area contributed by atoms with Crippen LogP contribution in [0.15, 0.2) is 24.3 Å². The number of nitrogens with two attached hydrogens (primary N) is 1. The summed E-state index contributed by atoms with van der Waals surface area (Å²) >= 11 is 1.40. The number of carbonyl (C=O) groups excluding carboxylic acids is 2. The van der Waals surface area contributed by atoms with Gasteiger partial charge in [0.1, 0.15) is 0 Å². The van der Waals surface area contributed by atoms with Crippen molar-refractivity contribution in [1.82, 2.24) is 10.3 Å². The fourth-order valence-corrected chi connectivity index (χ4v) is 3.17. The molecule has 0 unspecified atom stereocenters. The van der Waals surface area contributed by atoms with Crippen LogP contribution in [0.1, 0.15) is 36.4 Å². The van der Waals surface area contributed by atoms with Crippen molar-refractivity contribution in [2.45, 2.75) is 39.7 Å². The van der Waals surface area contributed by atoms with Gasteiger partial charge in [-0.05, 0) is 30.5 Å². The second-order valence-electron chi connectivity index (χ2n) is 5.44. The van der Waals surface area contributed by atoms with Crippen LogP contribution < -0.4 is 16.4 Å². The molecule has 2 rings (SSSR count). The SMILES string of the molecule is CCC(=O)NCc1sc(NC(C)=O)nc1CCc1ccc(N)cc1. The Morgan fingerprint density at radius 3 is 2.54 bits per heavy atom. The molecule has 24 heavy (non-hydrogen) atoms. The smallest absolute Gasteiger partial charge is 0.223 e. The van der Waals surface area contributed by atoms with Crippen molar-refractivity contribution in [3.8, 4) is 0 Å². The minimum atomic E-state index is -0.155. The van der Waals surface area contributed by atoms with Gasteiger partial charge >= 0.3 is 0 Å². The average molecular weight is 346 g/mol. The quantitative estimate of drug-likeness (QED) is 0.671. The second kappa shape index (κ2) is 8.44. The highest BCUT2D eigenvalue weighted by atomic mass is 32.1. The number of carbonyl (C=O) groups is 2. The Balaban J connectivity index is 2.09. The second-order valence-corrected chi connectivity index (χ2v) is 6.53. The number of aromatic nitrogens is 1. The summed E-state index contributed by atoms with van der Waals surface area (Å²) in [5, 5.41) is 6.14. The van der Waals surface area contributed by atoms with E-state index >= 15 is 0 Å². The summed E-state index contributed by atoms with van der Waals surface area (Å²) in [6, 6.07) is 7.74. The number of thiazole rings is 1. The van der Waals surface area contributed by atoms with Crippen LogP contribution in [0.5, 0.6) is 0 Å². The number of rotatable bonds is 7. The third-order valence-electron chi connectivity index (χ3n) is 3.46. The van der Waals surface area contributed by atoms with E-state index in [4.69, 9.17) is 5.73 Å². The molecule has 0 aliphatic carbocycles. The van der Waals surface area contributed by atoms with Crippen molar-refractivity contribution in [3.63, 3.8) is 0 Å². The lowest BCUT2D eigenvalue weighted by atomic mass is 10.1. The lowest BCUT2D eigenvalue weighted by Gasteiger charge is -2.05. The average Bonchev–Trinajstić information content (AvgIpc) is 2.93. The first-order valence-electron chi connectivity index (χ1n) is 7.85. The van der Waals surface area contributed by atoms with Gasteiger partial charge in [0.2, 0.25) is 11.8 Å². The molecule has 0 radical (unpaired) electrons. The highest BCUT2D eigenvalue weighted by Gasteiger charge is 2.13.